The fourth-order valence-electron chi connectivity index (χ4n) is 4.56. The van der Waals surface area contributed by atoms with Gasteiger partial charge >= 0.3 is 0 Å². The van der Waals surface area contributed by atoms with Crippen molar-refractivity contribution in [2.24, 2.45) is 0 Å². The van der Waals surface area contributed by atoms with Gasteiger partial charge in [-0.3, -0.25) is 9.89 Å². The van der Waals surface area contributed by atoms with Crippen molar-refractivity contribution in [1.29, 1.82) is 0 Å². The van der Waals surface area contributed by atoms with E-state index in [-0.39, 0.29) is 17.7 Å². The summed E-state index contributed by atoms with van der Waals surface area (Å²) in [4.78, 5) is 19.5. The van der Waals surface area contributed by atoms with Gasteiger partial charge in [0.15, 0.2) is 11.5 Å². The average molecular weight is 474 g/mol. The topological polar surface area (TPSA) is 106 Å². The molecule has 4 aromatic rings. The summed E-state index contributed by atoms with van der Waals surface area (Å²) in [5, 5.41) is 17.8. The molecule has 1 aliphatic heterocycles. The first-order chi connectivity index (χ1) is 17.1. The molecule has 0 aliphatic carbocycles. The van der Waals surface area contributed by atoms with Crippen molar-refractivity contribution in [3.8, 4) is 28.5 Å². The van der Waals surface area contributed by atoms with E-state index in [1.807, 2.05) is 52.9 Å². The lowest BCUT2D eigenvalue weighted by atomic mass is 9.95. The first kappa shape index (κ1) is 22.5. The van der Waals surface area contributed by atoms with Crippen LogP contribution >= 0.6 is 0 Å². The monoisotopic (exact) mass is 473 g/mol. The minimum absolute atomic E-state index is 0.0642. The van der Waals surface area contributed by atoms with E-state index in [0.717, 1.165) is 35.4 Å². The van der Waals surface area contributed by atoms with E-state index < -0.39 is 0 Å². The van der Waals surface area contributed by atoms with Crippen molar-refractivity contribution in [2.45, 2.75) is 25.9 Å². The smallest absolute Gasteiger partial charge is 0.273 e. The van der Waals surface area contributed by atoms with Gasteiger partial charge in [-0.15, -0.1) is 0 Å². The zero-order chi connectivity index (χ0) is 24.4. The van der Waals surface area contributed by atoms with E-state index in [0.29, 0.717) is 30.3 Å². The molecular weight excluding hydrogens is 446 g/mol. The summed E-state index contributed by atoms with van der Waals surface area (Å²) in [6, 6.07) is 12.5. The van der Waals surface area contributed by atoms with Crippen LogP contribution in [0, 0.1) is 0 Å². The number of rotatable bonds is 9. The number of hydrogen-bond acceptors (Lipinski definition) is 6. The predicted octanol–water partition coefficient (Wildman–Crippen LogP) is 4.02. The van der Waals surface area contributed by atoms with E-state index in [9.17, 15) is 9.90 Å². The van der Waals surface area contributed by atoms with Gasteiger partial charge in [-0.25, -0.2) is 4.98 Å². The first-order valence-corrected chi connectivity index (χ1v) is 11.6. The standard InChI is InChI=1S/C26H27N5O4/c1-3-35-21-15-18(7-10-20(21)32)25-22-23(17-5-8-19(34-2)9-6-17)28-29-24(22)26(33)31(25)13-4-12-30-14-11-27-16-30/h5-11,14-16,25,32H,3-4,12-13H2,1-2H3,(H,28,29). The molecule has 9 nitrogen and oxygen atoms in total. The van der Waals surface area contributed by atoms with Gasteiger partial charge in [-0.2, -0.15) is 5.10 Å². The van der Waals surface area contributed by atoms with E-state index in [1.165, 1.54) is 0 Å². The molecule has 3 heterocycles. The maximum Gasteiger partial charge on any atom is 0.273 e. The molecule has 0 fully saturated rings. The molecule has 0 radical (unpaired) electrons. The predicted molar refractivity (Wildman–Crippen MR) is 130 cm³/mol. The fourth-order valence-corrected chi connectivity index (χ4v) is 4.56. The molecule has 35 heavy (non-hydrogen) atoms. The Morgan fingerprint density at radius 3 is 2.69 bits per heavy atom. The van der Waals surface area contributed by atoms with Crippen LogP contribution in [0.25, 0.3) is 11.3 Å². The number of amides is 1. The Labute approximate surface area is 202 Å². The molecule has 5 rings (SSSR count). The molecule has 0 saturated heterocycles. The summed E-state index contributed by atoms with van der Waals surface area (Å²) in [5.41, 5.74) is 3.73. The average Bonchev–Trinajstić information content (AvgIpc) is 3.60. The van der Waals surface area contributed by atoms with Crippen LogP contribution in [-0.4, -0.2) is 55.9 Å². The van der Waals surface area contributed by atoms with Crippen LogP contribution in [0.3, 0.4) is 0 Å². The number of aryl methyl sites for hydroxylation is 1. The van der Waals surface area contributed by atoms with Gasteiger partial charge in [0.2, 0.25) is 0 Å². The summed E-state index contributed by atoms with van der Waals surface area (Å²) in [5.74, 6) is 1.09. The minimum Gasteiger partial charge on any atom is -0.504 e. The van der Waals surface area contributed by atoms with Crippen LogP contribution < -0.4 is 9.47 Å². The van der Waals surface area contributed by atoms with Crippen LogP contribution in [0.2, 0.25) is 0 Å². The molecule has 1 amide bonds. The summed E-state index contributed by atoms with van der Waals surface area (Å²) in [6.07, 6.45) is 6.18. The number of methoxy groups -OCH3 is 1. The Hall–Kier alpha value is -4.27. The van der Waals surface area contributed by atoms with E-state index in [4.69, 9.17) is 9.47 Å². The number of aromatic nitrogens is 4. The van der Waals surface area contributed by atoms with Gasteiger partial charge in [-0.05, 0) is 55.3 Å². The van der Waals surface area contributed by atoms with Gasteiger partial charge in [0.1, 0.15) is 11.4 Å². The molecule has 2 aromatic carbocycles. The Balaban J connectivity index is 1.55. The Morgan fingerprint density at radius 2 is 1.97 bits per heavy atom. The Bertz CT molecular complexity index is 1310. The largest absolute Gasteiger partial charge is 0.504 e. The first-order valence-electron chi connectivity index (χ1n) is 11.6. The number of hydrogen-bond donors (Lipinski definition) is 2. The highest BCUT2D eigenvalue weighted by Crippen LogP contribution is 2.44. The highest BCUT2D eigenvalue weighted by molar-refractivity contribution is 6.00. The second-order valence-electron chi connectivity index (χ2n) is 8.30. The van der Waals surface area contributed by atoms with Crippen molar-refractivity contribution in [3.63, 3.8) is 0 Å². The van der Waals surface area contributed by atoms with E-state index >= 15 is 0 Å². The van der Waals surface area contributed by atoms with Crippen molar-refractivity contribution in [1.82, 2.24) is 24.6 Å². The lowest BCUT2D eigenvalue weighted by Crippen LogP contribution is -2.31. The number of nitrogens with one attached hydrogen (secondary N) is 1. The van der Waals surface area contributed by atoms with Crippen LogP contribution in [0.15, 0.2) is 61.2 Å². The van der Waals surface area contributed by atoms with Gasteiger partial charge in [0.05, 0.1) is 31.8 Å². The number of nitrogens with zero attached hydrogens (tertiary/aromatic N) is 4. The third-order valence-electron chi connectivity index (χ3n) is 6.20. The number of aromatic hydroxyl groups is 1. The van der Waals surface area contributed by atoms with E-state index in [1.54, 1.807) is 31.8 Å². The summed E-state index contributed by atoms with van der Waals surface area (Å²) < 4.78 is 12.9. The molecule has 2 aromatic heterocycles. The SMILES string of the molecule is CCOc1cc(C2c3c(-c4ccc(OC)cc4)n[nH]c3C(=O)N2CCCn2ccnc2)ccc1O. The van der Waals surface area contributed by atoms with Crippen molar-refractivity contribution in [2.75, 3.05) is 20.3 Å². The number of H-pyrrole nitrogens is 1. The summed E-state index contributed by atoms with van der Waals surface area (Å²) >= 11 is 0. The third-order valence-corrected chi connectivity index (χ3v) is 6.20. The number of carbonyl (C=O) groups is 1. The van der Waals surface area contributed by atoms with Gasteiger partial charge < -0.3 is 24.0 Å². The van der Waals surface area contributed by atoms with Crippen molar-refractivity contribution < 1.29 is 19.4 Å². The number of phenols is 1. The molecule has 1 aliphatic rings. The zero-order valence-electron chi connectivity index (χ0n) is 19.6. The molecule has 0 bridgehead atoms. The molecule has 1 unspecified atom stereocenters. The number of imidazole rings is 1. The number of carbonyl (C=O) groups excluding carboxylic acids is 1. The van der Waals surface area contributed by atoms with Crippen molar-refractivity contribution >= 4 is 5.91 Å². The molecular formula is C26H27N5O4. The highest BCUT2D eigenvalue weighted by atomic mass is 16.5. The molecule has 9 heteroatoms. The number of aromatic amines is 1. The summed E-state index contributed by atoms with van der Waals surface area (Å²) in [7, 11) is 1.62. The Morgan fingerprint density at radius 1 is 1.14 bits per heavy atom. The fraction of sp³-hybridized carbons (Fsp3) is 0.269. The van der Waals surface area contributed by atoms with Crippen LogP contribution in [-0.2, 0) is 6.54 Å². The Kier molecular flexibility index (Phi) is 6.13. The molecule has 0 saturated carbocycles. The molecule has 180 valence electrons. The van der Waals surface area contributed by atoms with Gasteiger partial charge in [0, 0.05) is 36.6 Å². The lowest BCUT2D eigenvalue weighted by molar-refractivity contribution is 0.0739. The maximum absolute atomic E-state index is 13.5. The zero-order valence-corrected chi connectivity index (χ0v) is 19.6. The maximum atomic E-state index is 13.5. The third kappa shape index (κ3) is 4.21. The summed E-state index contributed by atoms with van der Waals surface area (Å²) in [6.45, 7) is 3.57. The van der Waals surface area contributed by atoms with E-state index in [2.05, 4.69) is 15.2 Å². The molecule has 2 N–H and O–H groups in total. The molecule has 1 atom stereocenters. The second kappa shape index (κ2) is 9.54. The highest BCUT2D eigenvalue weighted by Gasteiger charge is 2.42. The number of fused-ring (bicyclic) bond motifs is 1. The minimum atomic E-state index is -0.379. The van der Waals surface area contributed by atoms with Gasteiger partial charge in [0.25, 0.3) is 5.91 Å². The van der Waals surface area contributed by atoms with Crippen LogP contribution in [0.4, 0.5) is 0 Å². The molecule has 0 spiro atoms. The number of ether oxygens (including phenoxy) is 2. The van der Waals surface area contributed by atoms with Crippen LogP contribution in [0.1, 0.15) is 41.0 Å². The number of benzene rings is 2. The lowest BCUT2D eigenvalue weighted by Gasteiger charge is -2.27. The number of phenolic OH excluding ortho intramolecular Hbond substituents is 1. The van der Waals surface area contributed by atoms with Crippen molar-refractivity contribution in [3.05, 3.63) is 78.0 Å². The quantitative estimate of drug-likeness (QED) is 0.380. The normalized spacial score (nSPS) is 14.9. The van der Waals surface area contributed by atoms with Gasteiger partial charge in [-0.1, -0.05) is 6.07 Å². The second-order valence-corrected chi connectivity index (χ2v) is 8.30. The van der Waals surface area contributed by atoms with Crippen LogP contribution in [0.5, 0.6) is 17.2 Å².